The van der Waals surface area contributed by atoms with E-state index >= 15 is 4.79 Å². The van der Waals surface area contributed by atoms with E-state index in [1.165, 1.54) is 18.9 Å². The van der Waals surface area contributed by atoms with Gasteiger partial charge in [-0.3, -0.25) is 4.79 Å². The van der Waals surface area contributed by atoms with Gasteiger partial charge in [-0.05, 0) is 109 Å². The summed E-state index contributed by atoms with van der Waals surface area (Å²) in [7, 11) is 0. The molecular formula is C58H71FN2O8. The van der Waals surface area contributed by atoms with Crippen LogP contribution in [0.15, 0.2) is 114 Å². The minimum Gasteiger partial charge on any atom is -0.489 e. The van der Waals surface area contributed by atoms with Crippen molar-refractivity contribution in [3.8, 4) is 11.5 Å². The minimum absolute atomic E-state index is 0.0346. The van der Waals surface area contributed by atoms with Crippen LogP contribution in [0.2, 0.25) is 0 Å². The summed E-state index contributed by atoms with van der Waals surface area (Å²) >= 11 is 0. The predicted molar refractivity (Wildman–Crippen MR) is 266 cm³/mol. The Kier molecular flexibility index (Phi) is 16.5. The molecule has 3 aliphatic carbocycles. The van der Waals surface area contributed by atoms with Gasteiger partial charge in [-0.15, -0.1) is 6.58 Å². The third-order valence-corrected chi connectivity index (χ3v) is 15.6. The Morgan fingerprint density at radius 1 is 0.884 bits per heavy atom. The lowest BCUT2D eigenvalue weighted by atomic mass is 9.55. The van der Waals surface area contributed by atoms with E-state index in [0.717, 1.165) is 97.4 Å². The fourth-order valence-corrected chi connectivity index (χ4v) is 12.2. The number of aliphatic hydroxyl groups is 2. The molecule has 9 rings (SSSR count). The zero-order valence-corrected chi connectivity index (χ0v) is 40.2. The Balaban J connectivity index is 1.23. The zero-order chi connectivity index (χ0) is 47.6. The first kappa shape index (κ1) is 48.9. The van der Waals surface area contributed by atoms with Crippen LogP contribution in [0, 0.1) is 29.5 Å². The number of nitrogens with zero attached hydrogens (tertiary/aromatic N) is 2. The number of ether oxygens (including phenoxy) is 4. The lowest BCUT2D eigenvalue weighted by molar-refractivity contribution is -0.258. The summed E-state index contributed by atoms with van der Waals surface area (Å²) in [5.74, 6) is -0.575. The number of hydrogen-bond acceptors (Lipinski definition) is 9. The van der Waals surface area contributed by atoms with Crippen molar-refractivity contribution in [3.63, 3.8) is 0 Å². The number of allylic oxidation sites excluding steroid dienone is 1. The standard InChI is InChI=1S/C58H71FN2O8/c1-2-33-67-58-53(61(54(64)30-27-40-16-3-4-17-40)38-43-22-15-21-41-18-5-7-23-46(41)43)37-51(60-69-55-26-11-14-34-65-55)48-35-42(19-9-12-31-62)47(24-10-13-32-63)56(57(48)58)49-36-45(28-29-52(49)68-58)66-39-44-20-6-8-25-50(44)59/h2,5-8,15,18,20-23,25,28-29,35-36,40,42,47,53,55-57,62-63H,1,3-4,9-14,16-17,19,24,26-27,30-34,37-39H2/t42-,47+,53-,55?,56+,57+,58+/m0/s1. The fraction of sp³-hybridized carbons (Fsp3) is 0.517. The molecule has 10 nitrogen and oxygen atoms in total. The highest BCUT2D eigenvalue weighted by molar-refractivity contribution is 6.03. The average molecular weight is 943 g/mol. The first-order valence-corrected chi connectivity index (χ1v) is 25.9. The third kappa shape index (κ3) is 11.0. The number of carbonyl (C=O) groups is 1. The van der Waals surface area contributed by atoms with Gasteiger partial charge in [0.15, 0.2) is 0 Å². The Labute approximate surface area is 407 Å². The zero-order valence-electron chi connectivity index (χ0n) is 40.2. The van der Waals surface area contributed by atoms with Gasteiger partial charge in [-0.25, -0.2) is 4.39 Å². The summed E-state index contributed by atoms with van der Waals surface area (Å²) in [4.78, 5) is 24.0. The Bertz CT molecular complexity index is 2420. The van der Waals surface area contributed by atoms with Crippen LogP contribution in [0.25, 0.3) is 10.8 Å². The van der Waals surface area contributed by atoms with Crippen LogP contribution in [-0.2, 0) is 32.3 Å². The molecule has 1 saturated heterocycles. The number of amides is 1. The number of rotatable bonds is 22. The van der Waals surface area contributed by atoms with Gasteiger partial charge in [-0.2, -0.15) is 0 Å². The van der Waals surface area contributed by atoms with E-state index in [0.29, 0.717) is 61.8 Å². The minimum atomic E-state index is -1.41. The second kappa shape index (κ2) is 23.2. The van der Waals surface area contributed by atoms with Gasteiger partial charge in [0.25, 0.3) is 0 Å². The molecule has 5 aliphatic rings. The highest BCUT2D eigenvalue weighted by atomic mass is 19.1. The van der Waals surface area contributed by atoms with E-state index < -0.39 is 24.0 Å². The summed E-state index contributed by atoms with van der Waals surface area (Å²) in [6.45, 7) is 5.47. The molecule has 0 aromatic heterocycles. The van der Waals surface area contributed by atoms with E-state index in [1.54, 1.807) is 24.3 Å². The van der Waals surface area contributed by atoms with Crippen molar-refractivity contribution < 1.29 is 43.2 Å². The molecule has 368 valence electrons. The van der Waals surface area contributed by atoms with Gasteiger partial charge >= 0.3 is 0 Å². The van der Waals surface area contributed by atoms with E-state index in [2.05, 4.69) is 55.1 Å². The molecule has 1 unspecified atom stereocenters. The smallest absolute Gasteiger partial charge is 0.239 e. The first-order valence-electron chi connectivity index (χ1n) is 25.9. The van der Waals surface area contributed by atoms with Crippen molar-refractivity contribution in [1.82, 2.24) is 4.90 Å². The second-order valence-corrected chi connectivity index (χ2v) is 19.9. The van der Waals surface area contributed by atoms with Crippen LogP contribution in [-0.4, -0.2) is 71.3 Å². The van der Waals surface area contributed by atoms with Crippen LogP contribution in [0.4, 0.5) is 4.39 Å². The molecule has 11 heteroatoms. The molecule has 2 N–H and O–H groups in total. The second-order valence-electron chi connectivity index (χ2n) is 19.9. The first-order chi connectivity index (χ1) is 33.9. The van der Waals surface area contributed by atoms with Crippen LogP contribution < -0.4 is 9.47 Å². The van der Waals surface area contributed by atoms with E-state index in [-0.39, 0.29) is 55.9 Å². The molecule has 4 aromatic carbocycles. The predicted octanol–water partition coefficient (Wildman–Crippen LogP) is 11.7. The number of benzene rings is 4. The van der Waals surface area contributed by atoms with Crippen molar-refractivity contribution in [2.24, 2.45) is 28.8 Å². The van der Waals surface area contributed by atoms with Gasteiger partial charge in [0.05, 0.1) is 24.8 Å². The molecule has 2 aliphatic heterocycles. The highest BCUT2D eigenvalue weighted by Gasteiger charge is 2.65. The number of unbranched alkanes of at least 4 members (excludes halogenated alkanes) is 2. The molecule has 0 spiro atoms. The molecule has 2 saturated carbocycles. The van der Waals surface area contributed by atoms with Gasteiger partial charge in [-0.1, -0.05) is 116 Å². The quantitative estimate of drug-likeness (QED) is 0.0454. The van der Waals surface area contributed by atoms with Crippen molar-refractivity contribution >= 4 is 22.4 Å². The molecular weight excluding hydrogens is 872 g/mol. The SMILES string of the molecule is C=CCO[C@@]12Oc3ccc(OCc4ccccc4F)cc3[C@H]3[C@H](CCCCO)[C@@H](CCCCO)C=C(C(=NOC4CCCCO4)C[C@@H]1N(Cc1cccc4ccccc14)C(=O)CCC1CCCC1)[C@H]32. The number of hydrogen-bond donors (Lipinski definition) is 2. The molecule has 7 atom stereocenters. The van der Waals surface area contributed by atoms with Crippen molar-refractivity contribution in [2.75, 3.05) is 26.4 Å². The molecule has 1 amide bonds. The van der Waals surface area contributed by atoms with Crippen molar-refractivity contribution in [3.05, 3.63) is 132 Å². The Morgan fingerprint density at radius 2 is 1.65 bits per heavy atom. The number of aliphatic hydroxyl groups excluding tert-OH is 2. The monoisotopic (exact) mass is 943 g/mol. The maximum absolute atomic E-state index is 15.5. The lowest BCUT2D eigenvalue weighted by Gasteiger charge is -2.60. The van der Waals surface area contributed by atoms with E-state index in [4.69, 9.17) is 28.9 Å². The molecule has 2 heterocycles. The van der Waals surface area contributed by atoms with Gasteiger partial charge in [0, 0.05) is 56.1 Å². The molecule has 69 heavy (non-hydrogen) atoms. The van der Waals surface area contributed by atoms with E-state index in [1.807, 2.05) is 23.1 Å². The summed E-state index contributed by atoms with van der Waals surface area (Å²) in [6, 6.07) is 26.5. The topological polar surface area (TPSA) is 119 Å². The summed E-state index contributed by atoms with van der Waals surface area (Å²) in [5, 5.41) is 27.4. The number of carbonyl (C=O) groups excluding carboxylic acids is 1. The number of oxime groups is 1. The summed E-state index contributed by atoms with van der Waals surface area (Å²) in [6.07, 6.45) is 17.1. The number of halogens is 1. The summed E-state index contributed by atoms with van der Waals surface area (Å²) < 4.78 is 42.3. The van der Waals surface area contributed by atoms with E-state index in [9.17, 15) is 14.6 Å². The maximum atomic E-state index is 15.5. The van der Waals surface area contributed by atoms with Crippen molar-refractivity contribution in [2.45, 2.75) is 140 Å². The van der Waals surface area contributed by atoms with Crippen molar-refractivity contribution in [1.29, 1.82) is 0 Å². The Hall–Kier alpha value is -5.07. The fourth-order valence-electron chi connectivity index (χ4n) is 12.2. The van der Waals surface area contributed by atoms with Crippen LogP contribution in [0.1, 0.15) is 125 Å². The average Bonchev–Trinajstić information content (AvgIpc) is 3.91. The van der Waals surface area contributed by atoms with Gasteiger partial charge < -0.3 is 38.9 Å². The van der Waals surface area contributed by atoms with Crippen LogP contribution >= 0.6 is 0 Å². The third-order valence-electron chi connectivity index (χ3n) is 15.6. The maximum Gasteiger partial charge on any atom is 0.239 e. The highest BCUT2D eigenvalue weighted by Crippen LogP contribution is 2.62. The lowest BCUT2D eigenvalue weighted by Crippen LogP contribution is -2.70. The van der Waals surface area contributed by atoms with Gasteiger partial charge in [0.1, 0.15) is 30.0 Å². The molecule has 0 bridgehead atoms. The molecule has 0 radical (unpaired) electrons. The normalized spacial score (nSPS) is 25.9. The van der Waals surface area contributed by atoms with Gasteiger partial charge in [0.2, 0.25) is 18.0 Å². The van der Waals surface area contributed by atoms with Crippen LogP contribution in [0.3, 0.4) is 0 Å². The largest absolute Gasteiger partial charge is 0.489 e. The molecule has 4 aromatic rings. The van der Waals surface area contributed by atoms with Crippen LogP contribution in [0.5, 0.6) is 11.5 Å². The number of fused-ring (bicyclic) bond motifs is 3. The Morgan fingerprint density at radius 3 is 2.45 bits per heavy atom. The summed E-state index contributed by atoms with van der Waals surface area (Å²) in [5.41, 5.74) is 4.15. The molecule has 3 fully saturated rings.